The Kier molecular flexibility index (Phi) is 3.93. The van der Waals surface area contributed by atoms with Crippen molar-refractivity contribution in [2.75, 3.05) is 0 Å². The molecule has 2 aliphatic carbocycles. The first kappa shape index (κ1) is 17.3. The van der Waals surface area contributed by atoms with Gasteiger partial charge in [0.05, 0.1) is 5.25 Å². The van der Waals surface area contributed by atoms with Gasteiger partial charge in [-0.1, -0.05) is 18.9 Å². The average Bonchev–Trinajstić information content (AvgIpc) is 2.90. The summed E-state index contributed by atoms with van der Waals surface area (Å²) in [5.41, 5.74) is -0.517. The second-order valence-corrected chi connectivity index (χ2v) is 8.99. The second-order valence-electron chi connectivity index (χ2n) is 6.39. The van der Waals surface area contributed by atoms with Crippen molar-refractivity contribution in [2.45, 2.75) is 43.0 Å². The van der Waals surface area contributed by atoms with Crippen LogP contribution in [-0.4, -0.2) is 42.4 Å². The number of hydrogen-bond acceptors (Lipinski definition) is 9. The fourth-order valence-corrected chi connectivity index (χ4v) is 6.35. The third-order valence-electron chi connectivity index (χ3n) is 5.04. The Morgan fingerprint density at radius 1 is 1.43 bits per heavy atom. The minimum absolute atomic E-state index is 0.198. The van der Waals surface area contributed by atoms with Gasteiger partial charge in [-0.3, -0.25) is 4.18 Å². The zero-order chi connectivity index (χ0) is 17.2. The zero-order valence-electron chi connectivity index (χ0n) is 12.0. The van der Waals surface area contributed by atoms with Crippen LogP contribution in [0, 0.1) is 17.3 Å². The first-order valence-corrected chi connectivity index (χ1v) is 8.90. The Morgan fingerprint density at radius 3 is 2.70 bits per heavy atom. The van der Waals surface area contributed by atoms with E-state index in [1.54, 1.807) is 0 Å². The highest BCUT2D eigenvalue weighted by Gasteiger charge is 2.73. The van der Waals surface area contributed by atoms with E-state index in [1.165, 1.54) is 0 Å². The smallest absolute Gasteiger partial charge is 0.415 e. The third kappa shape index (κ3) is 2.46. The number of carbonyl (C=O) groups excluding carboxylic acids is 1. The summed E-state index contributed by atoms with van der Waals surface area (Å²) in [5.74, 6) is -2.73. The van der Waals surface area contributed by atoms with Crippen LogP contribution in [0.5, 0.6) is 0 Å². The first-order valence-electron chi connectivity index (χ1n) is 6.69. The molecule has 3 rings (SSSR count). The summed E-state index contributed by atoms with van der Waals surface area (Å²) in [7, 11) is -3.78. The van der Waals surface area contributed by atoms with Crippen LogP contribution in [0.2, 0.25) is 0 Å². The number of esters is 1. The molecule has 0 aromatic heterocycles. The number of rotatable bonds is 5. The average molecular weight is 376 g/mol. The van der Waals surface area contributed by atoms with Gasteiger partial charge in [0.2, 0.25) is 0 Å². The van der Waals surface area contributed by atoms with E-state index >= 15 is 0 Å². The summed E-state index contributed by atoms with van der Waals surface area (Å²) in [6, 6.07) is 0. The molecule has 5 atom stereocenters. The Morgan fingerprint density at radius 2 is 2.09 bits per heavy atom. The van der Waals surface area contributed by atoms with Gasteiger partial charge >= 0.3 is 11.2 Å². The number of fused-ring (bicyclic) bond motifs is 1. The quantitative estimate of drug-likeness (QED) is 0.250. The van der Waals surface area contributed by atoms with E-state index < -0.39 is 68.1 Å². The van der Waals surface area contributed by atoms with Gasteiger partial charge < -0.3 is 4.74 Å². The predicted octanol–water partition coefficient (Wildman–Crippen LogP) is 1.33. The monoisotopic (exact) mass is 376 g/mol. The van der Waals surface area contributed by atoms with Crippen molar-refractivity contribution >= 4 is 28.1 Å². The van der Waals surface area contributed by atoms with E-state index in [9.17, 15) is 22.0 Å². The molecule has 3 aliphatic rings. The molecule has 2 saturated carbocycles. The molecule has 1 heterocycles. The van der Waals surface area contributed by atoms with Gasteiger partial charge in [-0.2, -0.15) is 17.2 Å². The molecular formula is C11H14F2O8S2. The van der Waals surface area contributed by atoms with Crippen molar-refractivity contribution in [3.63, 3.8) is 0 Å². The van der Waals surface area contributed by atoms with Crippen molar-refractivity contribution in [3.05, 3.63) is 0 Å². The molecule has 8 nitrogen and oxygen atoms in total. The van der Waals surface area contributed by atoms with Gasteiger partial charge in [-0.05, 0) is 11.8 Å². The summed E-state index contributed by atoms with van der Waals surface area (Å²) < 4.78 is 64.4. The predicted molar refractivity (Wildman–Crippen MR) is 70.2 cm³/mol. The molecule has 0 aromatic rings. The Bertz CT molecular complexity index is 622. The number of hydrogen-bond donors (Lipinski definition) is 1. The number of carbonyl (C=O) groups is 1. The second kappa shape index (κ2) is 5.23. The summed E-state index contributed by atoms with van der Waals surface area (Å²) in [6.07, 6.45) is -1.85. The number of halogens is 2. The molecular weight excluding hydrogens is 362 g/mol. The molecule has 0 radical (unpaired) electrons. The van der Waals surface area contributed by atoms with Gasteiger partial charge in [-0.25, -0.2) is 10.1 Å². The largest absolute Gasteiger partial charge is 0.454 e. The Hall–Kier alpha value is -0.530. The molecule has 0 spiro atoms. The molecule has 12 heteroatoms. The maximum atomic E-state index is 13.5. The van der Waals surface area contributed by atoms with Crippen LogP contribution < -0.4 is 0 Å². The highest BCUT2D eigenvalue weighted by Crippen LogP contribution is 2.64. The molecule has 1 saturated heterocycles. The molecule has 0 amide bonds. The van der Waals surface area contributed by atoms with Crippen LogP contribution in [-0.2, 0) is 33.2 Å². The SMILES string of the molecule is CC1(C)C2CC3C1C(OS3(=O)=O)C2OC(=O)C(F)(F)SOOO. The highest BCUT2D eigenvalue weighted by atomic mass is 32.2. The van der Waals surface area contributed by atoms with Crippen molar-refractivity contribution in [3.8, 4) is 0 Å². The third-order valence-corrected chi connectivity index (χ3v) is 7.26. The van der Waals surface area contributed by atoms with Crippen LogP contribution >= 0.6 is 12.0 Å². The molecule has 1 aliphatic heterocycles. The normalized spacial score (nSPS) is 39.6. The molecule has 0 aromatic carbocycles. The fraction of sp³-hybridized carbons (Fsp3) is 0.909. The summed E-state index contributed by atoms with van der Waals surface area (Å²) >= 11 is -0.730. The molecule has 1 N–H and O–H groups in total. The van der Waals surface area contributed by atoms with Crippen LogP contribution in [0.4, 0.5) is 8.78 Å². The first-order chi connectivity index (χ1) is 10.5. The maximum absolute atomic E-state index is 13.5. The van der Waals surface area contributed by atoms with E-state index in [-0.39, 0.29) is 6.42 Å². The number of alkyl halides is 2. The molecule has 2 bridgehead atoms. The Labute approximate surface area is 134 Å². The van der Waals surface area contributed by atoms with Crippen LogP contribution in [0.3, 0.4) is 0 Å². The highest BCUT2D eigenvalue weighted by molar-refractivity contribution is 7.96. The minimum atomic E-state index is -4.13. The minimum Gasteiger partial charge on any atom is -0.454 e. The van der Waals surface area contributed by atoms with E-state index in [0.717, 1.165) is 0 Å². The lowest BCUT2D eigenvalue weighted by atomic mass is 9.81. The molecule has 132 valence electrons. The lowest BCUT2D eigenvalue weighted by Crippen LogP contribution is -2.41. The number of ether oxygens (including phenoxy) is 1. The summed E-state index contributed by atoms with van der Waals surface area (Å²) in [4.78, 5) is 11.6. The van der Waals surface area contributed by atoms with E-state index in [1.807, 2.05) is 13.8 Å². The van der Waals surface area contributed by atoms with Gasteiger partial charge in [0.1, 0.15) is 24.3 Å². The van der Waals surface area contributed by atoms with E-state index in [0.29, 0.717) is 0 Å². The summed E-state index contributed by atoms with van der Waals surface area (Å²) in [6.45, 7) is 3.62. The van der Waals surface area contributed by atoms with Gasteiger partial charge in [0.25, 0.3) is 10.1 Å². The zero-order valence-corrected chi connectivity index (χ0v) is 13.6. The van der Waals surface area contributed by atoms with Crippen molar-refractivity contribution in [1.82, 2.24) is 0 Å². The van der Waals surface area contributed by atoms with Crippen molar-refractivity contribution < 1.29 is 45.5 Å². The summed E-state index contributed by atoms with van der Waals surface area (Å²) in [5, 5.41) is 6.08. The van der Waals surface area contributed by atoms with Crippen molar-refractivity contribution in [2.24, 2.45) is 17.3 Å². The van der Waals surface area contributed by atoms with Gasteiger partial charge in [-0.15, -0.1) is 4.33 Å². The maximum Gasteiger partial charge on any atom is 0.415 e. The van der Waals surface area contributed by atoms with Crippen LogP contribution in [0.1, 0.15) is 20.3 Å². The lowest BCUT2D eigenvalue weighted by Gasteiger charge is -2.27. The fourth-order valence-electron chi connectivity index (χ4n) is 4.12. The standard InChI is InChI=1S/C11H14F2O8S2/c1-10(2)4-3-5-6(10)8(19-23(5,16)17)7(4)18-9(14)11(12,13)22-21-20-15/h4-8,15H,3H2,1-2H3. The lowest BCUT2D eigenvalue weighted by molar-refractivity contribution is -0.433. The Balaban J connectivity index is 1.79. The van der Waals surface area contributed by atoms with Gasteiger partial charge in [0.15, 0.2) is 0 Å². The van der Waals surface area contributed by atoms with Crippen LogP contribution in [0.25, 0.3) is 0 Å². The topological polar surface area (TPSA) is 108 Å². The molecule has 3 fully saturated rings. The van der Waals surface area contributed by atoms with E-state index in [2.05, 4.69) is 9.37 Å². The van der Waals surface area contributed by atoms with Gasteiger partial charge in [0, 0.05) is 11.8 Å². The molecule has 5 unspecified atom stereocenters. The van der Waals surface area contributed by atoms with Crippen LogP contribution in [0.15, 0.2) is 0 Å². The molecule has 23 heavy (non-hydrogen) atoms. The van der Waals surface area contributed by atoms with E-state index in [4.69, 9.17) is 14.2 Å². The van der Waals surface area contributed by atoms with Crippen molar-refractivity contribution in [1.29, 1.82) is 0 Å².